The van der Waals surface area contributed by atoms with E-state index < -0.39 is 0 Å². The Bertz CT molecular complexity index is 538. The van der Waals surface area contributed by atoms with Crippen LogP contribution in [0, 0.1) is 0 Å². The van der Waals surface area contributed by atoms with Gasteiger partial charge < -0.3 is 5.32 Å². The normalized spacial score (nSPS) is 10.5. The molecular weight excluding hydrogens is 302 g/mol. The quantitative estimate of drug-likeness (QED) is 0.893. The van der Waals surface area contributed by atoms with Gasteiger partial charge in [0.05, 0.1) is 5.69 Å². The molecule has 4 heteroatoms. The number of anilines is 1. The Balaban J connectivity index is 2.42. The van der Waals surface area contributed by atoms with E-state index >= 15 is 0 Å². The highest BCUT2D eigenvalue weighted by Crippen LogP contribution is 2.27. The zero-order chi connectivity index (χ0) is 13.7. The van der Waals surface area contributed by atoms with Gasteiger partial charge in [-0.25, -0.2) is 9.97 Å². The molecule has 19 heavy (non-hydrogen) atoms. The first kappa shape index (κ1) is 14.0. The average molecular weight is 320 g/mol. The molecule has 100 valence electrons. The Morgan fingerprint density at radius 3 is 2.47 bits per heavy atom. The van der Waals surface area contributed by atoms with Crippen LogP contribution in [-0.4, -0.2) is 16.5 Å². The van der Waals surface area contributed by atoms with Crippen molar-refractivity contribution in [3.63, 3.8) is 0 Å². The molecular formula is C15H18BrN3. The number of hydrogen-bond acceptors (Lipinski definition) is 3. The van der Waals surface area contributed by atoms with Gasteiger partial charge in [0.15, 0.2) is 0 Å². The Hall–Kier alpha value is -1.42. The Labute approximate surface area is 122 Å². The van der Waals surface area contributed by atoms with Crippen molar-refractivity contribution in [2.45, 2.75) is 26.7 Å². The van der Waals surface area contributed by atoms with Gasteiger partial charge in [-0.1, -0.05) is 41.9 Å². The smallest absolute Gasteiger partial charge is 0.133 e. The van der Waals surface area contributed by atoms with E-state index in [4.69, 9.17) is 0 Å². The molecule has 2 aromatic rings. The first-order chi connectivity index (χ1) is 9.26. The predicted octanol–water partition coefficient (Wildman–Crippen LogP) is 4.29. The first-order valence-electron chi connectivity index (χ1n) is 6.60. The van der Waals surface area contributed by atoms with Crippen LogP contribution in [0.4, 0.5) is 5.82 Å². The van der Waals surface area contributed by atoms with Crippen molar-refractivity contribution in [2.75, 3.05) is 11.9 Å². The highest BCUT2D eigenvalue weighted by atomic mass is 79.9. The lowest BCUT2D eigenvalue weighted by molar-refractivity contribution is 0.949. The molecule has 0 atom stereocenters. The van der Waals surface area contributed by atoms with Gasteiger partial charge in [-0.3, -0.25) is 0 Å². The van der Waals surface area contributed by atoms with E-state index in [0.717, 1.165) is 40.9 Å². The SMILES string of the molecule is CCCNc1ncnc(-c2ccc(Br)cc2)c1CC. The van der Waals surface area contributed by atoms with Gasteiger partial charge in [0, 0.05) is 22.1 Å². The molecule has 1 N–H and O–H groups in total. The Morgan fingerprint density at radius 2 is 1.84 bits per heavy atom. The summed E-state index contributed by atoms with van der Waals surface area (Å²) in [6.45, 7) is 5.22. The summed E-state index contributed by atoms with van der Waals surface area (Å²) in [5.41, 5.74) is 3.32. The molecule has 0 radical (unpaired) electrons. The number of nitrogens with one attached hydrogen (secondary N) is 1. The second-order valence-electron chi connectivity index (χ2n) is 4.34. The Kier molecular flexibility index (Phi) is 4.91. The molecule has 1 aromatic carbocycles. The maximum atomic E-state index is 4.45. The van der Waals surface area contributed by atoms with Crippen molar-refractivity contribution < 1.29 is 0 Å². The number of hydrogen-bond donors (Lipinski definition) is 1. The summed E-state index contributed by atoms with van der Waals surface area (Å²) in [4.78, 5) is 8.81. The van der Waals surface area contributed by atoms with Crippen LogP contribution in [0.5, 0.6) is 0 Å². The maximum absolute atomic E-state index is 4.45. The van der Waals surface area contributed by atoms with Gasteiger partial charge in [-0.2, -0.15) is 0 Å². The fourth-order valence-corrected chi connectivity index (χ4v) is 2.26. The molecule has 0 unspecified atom stereocenters. The summed E-state index contributed by atoms with van der Waals surface area (Å²) in [6, 6.07) is 8.23. The number of aromatic nitrogens is 2. The fraction of sp³-hybridized carbons (Fsp3) is 0.333. The molecule has 0 saturated heterocycles. The third-order valence-corrected chi connectivity index (χ3v) is 3.49. The number of nitrogens with zero attached hydrogens (tertiary/aromatic N) is 2. The summed E-state index contributed by atoms with van der Waals surface area (Å²) >= 11 is 3.46. The summed E-state index contributed by atoms with van der Waals surface area (Å²) < 4.78 is 1.08. The zero-order valence-corrected chi connectivity index (χ0v) is 12.9. The van der Waals surface area contributed by atoms with Crippen molar-refractivity contribution in [1.29, 1.82) is 0 Å². The molecule has 0 spiro atoms. The second kappa shape index (κ2) is 6.66. The van der Waals surface area contributed by atoms with E-state index in [1.807, 2.05) is 12.1 Å². The minimum Gasteiger partial charge on any atom is -0.370 e. The largest absolute Gasteiger partial charge is 0.370 e. The minimum atomic E-state index is 0.915. The molecule has 1 heterocycles. The molecule has 3 nitrogen and oxygen atoms in total. The van der Waals surface area contributed by atoms with Crippen molar-refractivity contribution in [3.05, 3.63) is 40.6 Å². The van der Waals surface area contributed by atoms with Gasteiger partial charge in [0.1, 0.15) is 12.1 Å². The summed E-state index contributed by atoms with van der Waals surface area (Å²) in [5, 5.41) is 3.38. The van der Waals surface area contributed by atoms with Crippen LogP contribution in [0.25, 0.3) is 11.3 Å². The number of halogens is 1. The summed E-state index contributed by atoms with van der Waals surface area (Å²) in [6.07, 6.45) is 3.63. The van der Waals surface area contributed by atoms with Crippen LogP contribution in [-0.2, 0) is 6.42 Å². The molecule has 0 aliphatic heterocycles. The van der Waals surface area contributed by atoms with Crippen LogP contribution in [0.15, 0.2) is 35.1 Å². The predicted molar refractivity (Wildman–Crippen MR) is 83.3 cm³/mol. The number of benzene rings is 1. The lowest BCUT2D eigenvalue weighted by atomic mass is 10.0. The topological polar surface area (TPSA) is 37.8 Å². The van der Waals surface area contributed by atoms with Gasteiger partial charge in [0.2, 0.25) is 0 Å². The fourth-order valence-electron chi connectivity index (χ4n) is 2.00. The third-order valence-electron chi connectivity index (χ3n) is 2.96. The van der Waals surface area contributed by atoms with Crippen molar-refractivity contribution in [2.24, 2.45) is 0 Å². The highest BCUT2D eigenvalue weighted by Gasteiger charge is 2.11. The van der Waals surface area contributed by atoms with Crippen molar-refractivity contribution in [1.82, 2.24) is 9.97 Å². The molecule has 0 amide bonds. The van der Waals surface area contributed by atoms with Crippen LogP contribution in [0.3, 0.4) is 0 Å². The lowest BCUT2D eigenvalue weighted by Gasteiger charge is -2.13. The van der Waals surface area contributed by atoms with Gasteiger partial charge >= 0.3 is 0 Å². The van der Waals surface area contributed by atoms with Gasteiger partial charge in [-0.05, 0) is 25.0 Å². The van der Waals surface area contributed by atoms with E-state index in [9.17, 15) is 0 Å². The minimum absolute atomic E-state index is 0.915. The zero-order valence-electron chi connectivity index (χ0n) is 11.3. The van der Waals surface area contributed by atoms with Gasteiger partial charge in [0.25, 0.3) is 0 Å². The van der Waals surface area contributed by atoms with Crippen LogP contribution in [0.1, 0.15) is 25.8 Å². The standard InChI is InChI=1S/C15H18BrN3/c1-3-9-17-15-13(4-2)14(18-10-19-15)11-5-7-12(16)8-6-11/h5-8,10H,3-4,9H2,1-2H3,(H,17,18,19). The molecule has 2 rings (SSSR count). The molecule has 0 saturated carbocycles. The lowest BCUT2D eigenvalue weighted by Crippen LogP contribution is -2.07. The molecule has 0 aliphatic carbocycles. The Morgan fingerprint density at radius 1 is 1.11 bits per heavy atom. The van der Waals surface area contributed by atoms with Crippen molar-refractivity contribution >= 4 is 21.7 Å². The molecule has 0 bridgehead atoms. The van der Waals surface area contributed by atoms with E-state index in [2.05, 4.69) is 57.2 Å². The molecule has 0 fully saturated rings. The number of rotatable bonds is 5. The van der Waals surface area contributed by atoms with Crippen molar-refractivity contribution in [3.8, 4) is 11.3 Å². The average Bonchev–Trinajstić information content (AvgIpc) is 2.45. The van der Waals surface area contributed by atoms with E-state index in [0.29, 0.717) is 0 Å². The summed E-state index contributed by atoms with van der Waals surface area (Å²) in [5.74, 6) is 0.956. The summed E-state index contributed by atoms with van der Waals surface area (Å²) in [7, 11) is 0. The maximum Gasteiger partial charge on any atom is 0.133 e. The van der Waals surface area contributed by atoms with Gasteiger partial charge in [-0.15, -0.1) is 0 Å². The highest BCUT2D eigenvalue weighted by molar-refractivity contribution is 9.10. The molecule has 1 aromatic heterocycles. The van der Waals surface area contributed by atoms with E-state index in [1.165, 1.54) is 5.56 Å². The first-order valence-corrected chi connectivity index (χ1v) is 7.39. The molecule has 0 aliphatic rings. The van der Waals surface area contributed by atoms with E-state index in [1.54, 1.807) is 6.33 Å². The second-order valence-corrected chi connectivity index (χ2v) is 5.25. The third kappa shape index (κ3) is 3.32. The van der Waals surface area contributed by atoms with Crippen LogP contribution in [0.2, 0.25) is 0 Å². The van der Waals surface area contributed by atoms with E-state index in [-0.39, 0.29) is 0 Å². The van der Waals surface area contributed by atoms with Crippen LogP contribution < -0.4 is 5.32 Å². The van der Waals surface area contributed by atoms with Crippen LogP contribution >= 0.6 is 15.9 Å². The monoisotopic (exact) mass is 319 g/mol.